The number of hydrogen-bond acceptors (Lipinski definition) is 4. The van der Waals surface area contributed by atoms with E-state index < -0.39 is 5.79 Å². The maximum absolute atomic E-state index is 11.8. The largest absolute Gasteiger partial charge is 0.351 e. The van der Waals surface area contributed by atoms with E-state index in [0.29, 0.717) is 51.2 Å². The number of ketones is 2. The molecule has 0 aliphatic carbocycles. The van der Waals surface area contributed by atoms with Crippen molar-refractivity contribution < 1.29 is 19.1 Å². The molecular weight excluding hydrogens is 304 g/mol. The number of Topliss-reactive ketones (excluding diaryl/α,β-unsaturated/α-hetero) is 2. The molecule has 0 saturated carbocycles. The van der Waals surface area contributed by atoms with Crippen molar-refractivity contribution in [2.75, 3.05) is 13.2 Å². The number of carbonyl (C=O) groups is 2. The molecule has 0 aliphatic rings. The Kier molecular flexibility index (Phi) is 12.2. The van der Waals surface area contributed by atoms with Crippen LogP contribution < -0.4 is 0 Å². The highest BCUT2D eigenvalue weighted by molar-refractivity contribution is 5.82. The summed E-state index contributed by atoms with van der Waals surface area (Å²) >= 11 is 0. The van der Waals surface area contributed by atoms with E-state index in [1.165, 1.54) is 0 Å². The number of carbonyl (C=O) groups excluding carboxylic acids is 2. The summed E-state index contributed by atoms with van der Waals surface area (Å²) in [4.78, 5) is 23.3. The van der Waals surface area contributed by atoms with Gasteiger partial charge in [0.1, 0.15) is 11.6 Å². The minimum Gasteiger partial charge on any atom is -0.351 e. The summed E-state index contributed by atoms with van der Waals surface area (Å²) in [5.74, 6) is 0.619. The summed E-state index contributed by atoms with van der Waals surface area (Å²) in [6.45, 7) is 13.3. The first-order valence-electron chi connectivity index (χ1n) is 9.46. The Morgan fingerprint density at radius 1 is 0.833 bits per heavy atom. The van der Waals surface area contributed by atoms with Gasteiger partial charge in [0.2, 0.25) is 0 Å². The van der Waals surface area contributed by atoms with Crippen LogP contribution in [-0.2, 0) is 19.1 Å². The lowest BCUT2D eigenvalue weighted by atomic mass is 10.0. The van der Waals surface area contributed by atoms with Crippen molar-refractivity contribution in [3.8, 4) is 0 Å². The van der Waals surface area contributed by atoms with E-state index in [4.69, 9.17) is 9.47 Å². The summed E-state index contributed by atoms with van der Waals surface area (Å²) in [6.07, 6.45) is 5.09. The molecule has 0 saturated heterocycles. The number of ether oxygens (including phenoxy) is 2. The molecule has 0 aromatic heterocycles. The SMILES string of the molecule is CC(C)CCCOC(C)(C)OCCCC(=O)CCCC(=O)C(C)C. The molecule has 0 radical (unpaired) electrons. The maximum Gasteiger partial charge on any atom is 0.162 e. The van der Waals surface area contributed by atoms with Crippen molar-refractivity contribution in [3.63, 3.8) is 0 Å². The van der Waals surface area contributed by atoms with Crippen molar-refractivity contribution in [2.24, 2.45) is 11.8 Å². The van der Waals surface area contributed by atoms with E-state index in [9.17, 15) is 9.59 Å². The van der Waals surface area contributed by atoms with Gasteiger partial charge in [-0.25, -0.2) is 0 Å². The van der Waals surface area contributed by atoms with Crippen LogP contribution in [0.15, 0.2) is 0 Å². The lowest BCUT2D eigenvalue weighted by Crippen LogP contribution is -2.29. The second-order valence-electron chi connectivity index (χ2n) is 7.75. The second-order valence-corrected chi connectivity index (χ2v) is 7.75. The minimum atomic E-state index is -0.594. The standard InChI is InChI=1S/C20H38O4/c1-16(2)10-8-14-23-20(5,6)24-15-9-12-18(21)11-7-13-19(22)17(3)4/h16-17H,7-15H2,1-6H3. The van der Waals surface area contributed by atoms with Crippen molar-refractivity contribution in [2.45, 2.75) is 92.3 Å². The minimum absolute atomic E-state index is 0.0660. The highest BCUT2D eigenvalue weighted by atomic mass is 16.7. The van der Waals surface area contributed by atoms with Gasteiger partial charge in [0.05, 0.1) is 13.2 Å². The summed E-state index contributed by atoms with van der Waals surface area (Å²) in [6, 6.07) is 0. The zero-order valence-electron chi connectivity index (χ0n) is 16.7. The molecule has 0 spiro atoms. The van der Waals surface area contributed by atoms with Gasteiger partial charge in [0, 0.05) is 25.2 Å². The molecule has 0 unspecified atom stereocenters. The number of hydrogen-bond donors (Lipinski definition) is 0. The fourth-order valence-electron chi connectivity index (χ4n) is 2.31. The summed E-state index contributed by atoms with van der Waals surface area (Å²) in [7, 11) is 0. The van der Waals surface area contributed by atoms with Crippen LogP contribution in [-0.4, -0.2) is 30.6 Å². The van der Waals surface area contributed by atoms with Gasteiger partial charge >= 0.3 is 0 Å². The average molecular weight is 343 g/mol. The van der Waals surface area contributed by atoms with Gasteiger partial charge in [0.15, 0.2) is 5.79 Å². The Hall–Kier alpha value is -0.740. The third kappa shape index (κ3) is 13.7. The Morgan fingerprint density at radius 2 is 1.38 bits per heavy atom. The first-order chi connectivity index (χ1) is 11.1. The van der Waals surface area contributed by atoms with E-state index in [-0.39, 0.29) is 17.5 Å². The molecule has 0 amide bonds. The summed E-state index contributed by atoms with van der Waals surface area (Å²) in [5, 5.41) is 0. The molecule has 142 valence electrons. The van der Waals surface area contributed by atoms with Gasteiger partial charge in [0.25, 0.3) is 0 Å². The van der Waals surface area contributed by atoms with Crippen molar-refractivity contribution in [1.29, 1.82) is 0 Å². The molecule has 0 fully saturated rings. The average Bonchev–Trinajstić information content (AvgIpc) is 2.48. The zero-order chi connectivity index (χ0) is 18.6. The Labute approximate surface area is 148 Å². The maximum atomic E-state index is 11.8. The number of rotatable bonds is 15. The Bertz CT molecular complexity index is 359. The third-order valence-corrected chi connectivity index (χ3v) is 3.95. The van der Waals surface area contributed by atoms with Crippen LogP contribution in [0, 0.1) is 11.8 Å². The van der Waals surface area contributed by atoms with Crippen LogP contribution in [0.3, 0.4) is 0 Å². The van der Waals surface area contributed by atoms with Gasteiger partial charge in [-0.1, -0.05) is 27.7 Å². The van der Waals surface area contributed by atoms with Crippen LogP contribution in [0.1, 0.15) is 86.5 Å². The van der Waals surface area contributed by atoms with Crippen LogP contribution in [0.4, 0.5) is 0 Å². The molecular formula is C20H38O4. The predicted molar refractivity (Wildman–Crippen MR) is 98.0 cm³/mol. The second kappa shape index (κ2) is 12.6. The predicted octanol–water partition coefficient (Wildman–Crippen LogP) is 4.94. The highest BCUT2D eigenvalue weighted by Crippen LogP contribution is 2.14. The van der Waals surface area contributed by atoms with Crippen molar-refractivity contribution in [3.05, 3.63) is 0 Å². The Morgan fingerprint density at radius 3 is 1.92 bits per heavy atom. The first kappa shape index (κ1) is 23.3. The van der Waals surface area contributed by atoms with E-state index in [1.54, 1.807) is 0 Å². The normalized spacial score (nSPS) is 12.2. The molecule has 0 rings (SSSR count). The fraction of sp³-hybridized carbons (Fsp3) is 0.900. The molecule has 0 N–H and O–H groups in total. The quantitative estimate of drug-likeness (QED) is 0.312. The molecule has 4 heteroatoms. The molecule has 0 atom stereocenters. The lowest BCUT2D eigenvalue weighted by molar-refractivity contribution is -0.214. The van der Waals surface area contributed by atoms with Crippen LogP contribution >= 0.6 is 0 Å². The molecule has 0 bridgehead atoms. The molecule has 4 nitrogen and oxygen atoms in total. The van der Waals surface area contributed by atoms with Gasteiger partial charge < -0.3 is 9.47 Å². The lowest BCUT2D eigenvalue weighted by Gasteiger charge is -2.26. The van der Waals surface area contributed by atoms with Crippen LogP contribution in [0.5, 0.6) is 0 Å². The zero-order valence-corrected chi connectivity index (χ0v) is 16.7. The van der Waals surface area contributed by atoms with Gasteiger partial charge in [-0.15, -0.1) is 0 Å². The van der Waals surface area contributed by atoms with Crippen LogP contribution in [0.25, 0.3) is 0 Å². The van der Waals surface area contributed by atoms with E-state index in [2.05, 4.69) is 13.8 Å². The van der Waals surface area contributed by atoms with Gasteiger partial charge in [-0.3, -0.25) is 9.59 Å². The van der Waals surface area contributed by atoms with Crippen molar-refractivity contribution in [1.82, 2.24) is 0 Å². The smallest absolute Gasteiger partial charge is 0.162 e. The van der Waals surface area contributed by atoms with Gasteiger partial charge in [-0.2, -0.15) is 0 Å². The van der Waals surface area contributed by atoms with E-state index >= 15 is 0 Å². The monoisotopic (exact) mass is 342 g/mol. The fourth-order valence-corrected chi connectivity index (χ4v) is 2.31. The van der Waals surface area contributed by atoms with Crippen molar-refractivity contribution >= 4 is 11.6 Å². The topological polar surface area (TPSA) is 52.6 Å². The van der Waals surface area contributed by atoms with Gasteiger partial charge in [-0.05, 0) is 45.4 Å². The molecule has 0 aromatic rings. The first-order valence-corrected chi connectivity index (χ1v) is 9.46. The molecule has 0 aromatic carbocycles. The van der Waals surface area contributed by atoms with E-state index in [1.807, 2.05) is 27.7 Å². The van der Waals surface area contributed by atoms with E-state index in [0.717, 1.165) is 12.8 Å². The molecule has 0 heterocycles. The third-order valence-electron chi connectivity index (χ3n) is 3.95. The molecule has 24 heavy (non-hydrogen) atoms. The highest BCUT2D eigenvalue weighted by Gasteiger charge is 2.18. The summed E-state index contributed by atoms with van der Waals surface area (Å²) in [5.41, 5.74) is 0. The summed E-state index contributed by atoms with van der Waals surface area (Å²) < 4.78 is 11.5. The molecule has 0 aliphatic heterocycles. The van der Waals surface area contributed by atoms with Crippen LogP contribution in [0.2, 0.25) is 0 Å². The Balaban J connectivity index is 3.68.